The molecule has 0 unspecified atom stereocenters. The van der Waals surface area contributed by atoms with Crippen LogP contribution in [0.5, 0.6) is 0 Å². The molecule has 0 aromatic rings. The zero-order valence-corrected chi connectivity index (χ0v) is 8.66. The average molecular weight is 198 g/mol. The summed E-state index contributed by atoms with van der Waals surface area (Å²) in [6.07, 6.45) is 2.03. The number of aliphatic hydroxyl groups excluding tert-OH is 1. The van der Waals surface area contributed by atoms with Crippen LogP contribution in [0.1, 0.15) is 26.2 Å². The summed E-state index contributed by atoms with van der Waals surface area (Å²) < 4.78 is 11.3. The predicted molar refractivity (Wildman–Crippen MR) is 52.8 cm³/mol. The Balaban J connectivity index is 2.08. The van der Waals surface area contributed by atoms with Gasteiger partial charge >= 0.3 is 0 Å². The molecule has 3 nitrogen and oxygen atoms in total. The van der Waals surface area contributed by atoms with E-state index in [9.17, 15) is 5.11 Å². The van der Waals surface area contributed by atoms with Crippen molar-refractivity contribution in [3.63, 3.8) is 0 Å². The van der Waals surface area contributed by atoms with Crippen molar-refractivity contribution in [2.24, 2.45) is 5.92 Å². The van der Waals surface area contributed by atoms with Gasteiger partial charge in [0.25, 0.3) is 0 Å². The smallest absolute Gasteiger partial charge is 0.169 e. The monoisotopic (exact) mass is 198 g/mol. The van der Waals surface area contributed by atoms with Crippen LogP contribution in [0, 0.1) is 5.92 Å². The fourth-order valence-corrected chi connectivity index (χ4v) is 2.40. The lowest BCUT2D eigenvalue weighted by Gasteiger charge is -2.39. The van der Waals surface area contributed by atoms with Gasteiger partial charge in [0.05, 0.1) is 19.3 Å². The molecule has 1 N–H and O–H groups in total. The topological polar surface area (TPSA) is 38.7 Å². The van der Waals surface area contributed by atoms with Crippen molar-refractivity contribution in [1.29, 1.82) is 0 Å². The number of hydrogen-bond acceptors (Lipinski definition) is 3. The van der Waals surface area contributed by atoms with E-state index in [2.05, 4.69) is 6.58 Å². The van der Waals surface area contributed by atoms with Gasteiger partial charge in [0.2, 0.25) is 0 Å². The molecule has 1 heterocycles. The van der Waals surface area contributed by atoms with Crippen LogP contribution in [0.3, 0.4) is 0 Å². The minimum Gasteiger partial charge on any atom is -0.392 e. The first-order valence-electron chi connectivity index (χ1n) is 5.24. The zero-order chi connectivity index (χ0) is 10.2. The highest BCUT2D eigenvalue weighted by Gasteiger charge is 2.44. The Morgan fingerprint density at radius 3 is 2.64 bits per heavy atom. The quantitative estimate of drug-likeness (QED) is 0.648. The van der Waals surface area contributed by atoms with Crippen LogP contribution in [0.4, 0.5) is 0 Å². The molecule has 1 aliphatic carbocycles. The van der Waals surface area contributed by atoms with Gasteiger partial charge in [-0.1, -0.05) is 12.2 Å². The number of aliphatic hydroxyl groups is 1. The molecule has 2 atom stereocenters. The Kier molecular flexibility index (Phi) is 2.64. The molecule has 0 amide bonds. The second-order valence-electron chi connectivity index (χ2n) is 4.37. The molecular formula is C11H18O3. The van der Waals surface area contributed by atoms with E-state index in [1.165, 1.54) is 0 Å². The molecule has 14 heavy (non-hydrogen) atoms. The molecule has 1 saturated heterocycles. The fourth-order valence-electron chi connectivity index (χ4n) is 2.40. The largest absolute Gasteiger partial charge is 0.392 e. The average Bonchev–Trinajstić information content (AvgIpc) is 2.58. The Hall–Kier alpha value is -0.380. The summed E-state index contributed by atoms with van der Waals surface area (Å²) in [6.45, 7) is 7.23. The third-order valence-electron chi connectivity index (χ3n) is 3.26. The van der Waals surface area contributed by atoms with Gasteiger partial charge in [0, 0.05) is 18.8 Å². The molecule has 80 valence electrons. The molecule has 0 aromatic heterocycles. The first-order valence-corrected chi connectivity index (χ1v) is 5.24. The summed E-state index contributed by atoms with van der Waals surface area (Å²) in [6, 6.07) is 0. The lowest BCUT2D eigenvalue weighted by molar-refractivity contribution is -0.198. The summed E-state index contributed by atoms with van der Waals surface area (Å²) in [4.78, 5) is 0. The first kappa shape index (κ1) is 10.1. The molecule has 0 radical (unpaired) electrons. The molecular weight excluding hydrogens is 180 g/mol. The minimum absolute atomic E-state index is 0.127. The van der Waals surface area contributed by atoms with Gasteiger partial charge in [-0.15, -0.1) is 0 Å². The van der Waals surface area contributed by atoms with Crippen molar-refractivity contribution in [2.75, 3.05) is 13.2 Å². The molecule has 1 saturated carbocycles. The van der Waals surface area contributed by atoms with Crippen molar-refractivity contribution < 1.29 is 14.6 Å². The van der Waals surface area contributed by atoms with E-state index in [0.29, 0.717) is 13.2 Å². The van der Waals surface area contributed by atoms with E-state index in [-0.39, 0.29) is 12.0 Å². The minimum atomic E-state index is -0.414. The van der Waals surface area contributed by atoms with E-state index in [0.717, 1.165) is 24.8 Å². The lowest BCUT2D eigenvalue weighted by Crippen LogP contribution is -2.42. The molecule has 3 heteroatoms. The van der Waals surface area contributed by atoms with Crippen molar-refractivity contribution in [1.82, 2.24) is 0 Å². The van der Waals surface area contributed by atoms with Crippen molar-refractivity contribution >= 4 is 0 Å². The first-order chi connectivity index (χ1) is 6.63. The van der Waals surface area contributed by atoms with Crippen LogP contribution < -0.4 is 0 Å². The molecule has 2 aliphatic rings. The molecule has 1 spiro atoms. The molecule has 0 bridgehead atoms. The van der Waals surface area contributed by atoms with Crippen molar-refractivity contribution in [2.45, 2.75) is 38.1 Å². The number of ether oxygens (including phenoxy) is 2. The number of hydrogen-bond donors (Lipinski definition) is 1. The van der Waals surface area contributed by atoms with E-state index >= 15 is 0 Å². The van der Waals surface area contributed by atoms with Crippen LogP contribution in [-0.2, 0) is 9.47 Å². The summed E-state index contributed by atoms with van der Waals surface area (Å²) in [7, 11) is 0. The highest BCUT2D eigenvalue weighted by molar-refractivity contribution is 5.04. The van der Waals surface area contributed by atoms with Crippen LogP contribution >= 0.6 is 0 Å². The SMILES string of the molecule is C=C(C)[C@@H]1CC2(CC[C@H]1O)OCCO2. The lowest BCUT2D eigenvalue weighted by atomic mass is 9.79. The van der Waals surface area contributed by atoms with Crippen molar-refractivity contribution in [3.8, 4) is 0 Å². The van der Waals surface area contributed by atoms with Gasteiger partial charge < -0.3 is 14.6 Å². The van der Waals surface area contributed by atoms with Crippen LogP contribution in [0.25, 0.3) is 0 Å². The Morgan fingerprint density at radius 1 is 1.43 bits per heavy atom. The van der Waals surface area contributed by atoms with Crippen LogP contribution in [-0.4, -0.2) is 30.2 Å². The van der Waals surface area contributed by atoms with E-state index in [1.54, 1.807) is 0 Å². The normalized spacial score (nSPS) is 36.1. The standard InChI is InChI=1S/C11H18O3/c1-8(2)9-7-11(4-3-10(9)12)13-5-6-14-11/h9-10,12H,1,3-7H2,2H3/t9-,10+/m0/s1. The highest BCUT2D eigenvalue weighted by atomic mass is 16.7. The summed E-state index contributed by atoms with van der Waals surface area (Å²) in [5.41, 5.74) is 1.02. The van der Waals surface area contributed by atoms with Crippen LogP contribution in [0.15, 0.2) is 12.2 Å². The van der Waals surface area contributed by atoms with Gasteiger partial charge in [-0.25, -0.2) is 0 Å². The van der Waals surface area contributed by atoms with E-state index in [1.807, 2.05) is 6.92 Å². The maximum atomic E-state index is 9.81. The molecule has 2 fully saturated rings. The van der Waals surface area contributed by atoms with E-state index in [4.69, 9.17) is 9.47 Å². The Bertz CT molecular complexity index is 231. The van der Waals surface area contributed by atoms with Crippen molar-refractivity contribution in [3.05, 3.63) is 12.2 Å². The second-order valence-corrected chi connectivity index (χ2v) is 4.37. The van der Waals surface area contributed by atoms with Crippen LogP contribution in [0.2, 0.25) is 0 Å². The summed E-state index contributed by atoms with van der Waals surface area (Å²) >= 11 is 0. The third kappa shape index (κ3) is 1.72. The fraction of sp³-hybridized carbons (Fsp3) is 0.818. The Morgan fingerprint density at radius 2 is 2.07 bits per heavy atom. The molecule has 2 rings (SSSR count). The second kappa shape index (κ2) is 3.65. The van der Waals surface area contributed by atoms with Gasteiger partial charge in [0.1, 0.15) is 0 Å². The molecule has 1 aliphatic heterocycles. The van der Waals surface area contributed by atoms with Gasteiger partial charge in [-0.2, -0.15) is 0 Å². The highest BCUT2D eigenvalue weighted by Crippen LogP contribution is 2.41. The third-order valence-corrected chi connectivity index (χ3v) is 3.26. The summed E-state index contributed by atoms with van der Waals surface area (Å²) in [5, 5.41) is 9.81. The maximum Gasteiger partial charge on any atom is 0.169 e. The zero-order valence-electron chi connectivity index (χ0n) is 8.66. The number of rotatable bonds is 1. The summed E-state index contributed by atoms with van der Waals surface area (Å²) in [5.74, 6) is -0.287. The van der Waals surface area contributed by atoms with Gasteiger partial charge in [-0.3, -0.25) is 0 Å². The van der Waals surface area contributed by atoms with Gasteiger partial charge in [0.15, 0.2) is 5.79 Å². The van der Waals surface area contributed by atoms with Gasteiger partial charge in [-0.05, 0) is 13.3 Å². The predicted octanol–water partition coefficient (Wildman–Crippen LogP) is 1.47. The Labute approximate surface area is 84.7 Å². The molecule has 0 aromatic carbocycles. The maximum absolute atomic E-state index is 9.81. The van der Waals surface area contributed by atoms with E-state index < -0.39 is 5.79 Å².